The van der Waals surface area contributed by atoms with Crippen molar-refractivity contribution in [3.8, 4) is 0 Å². The maximum absolute atomic E-state index is 2.08. The van der Waals surface area contributed by atoms with Gasteiger partial charge in [-0.05, 0) is 184 Å². The zero-order valence-corrected chi connectivity index (χ0v) is 20.5. The predicted octanol–water partition coefficient (Wildman–Crippen LogP) is 8.26. The summed E-state index contributed by atoms with van der Waals surface area (Å²) in [7, 11) is 0. The summed E-state index contributed by atoms with van der Waals surface area (Å²) in [5, 5.41) is 0. The Morgan fingerprint density at radius 3 is 0.606 bits per heavy atom. The number of rotatable bonds is 0. The first-order chi connectivity index (χ1) is 16.2. The second-order valence-electron chi connectivity index (χ2n) is 15.4. The van der Waals surface area contributed by atoms with E-state index in [-0.39, 0.29) is 0 Å². The molecule has 0 heteroatoms. The summed E-state index contributed by atoms with van der Waals surface area (Å²) in [6.45, 7) is 0. The van der Waals surface area contributed by atoms with Gasteiger partial charge in [-0.25, -0.2) is 0 Å². The van der Waals surface area contributed by atoms with Crippen LogP contribution in [0.2, 0.25) is 0 Å². The highest BCUT2D eigenvalue weighted by atomic mass is 14.6. The molecule has 0 aliphatic heterocycles. The lowest BCUT2D eigenvalue weighted by Gasteiger charge is -2.52. The fraction of sp³-hybridized carbons (Fsp3) is 0.818. The Labute approximate surface area is 200 Å². The van der Waals surface area contributed by atoms with Crippen molar-refractivity contribution in [1.82, 2.24) is 0 Å². The molecule has 12 bridgehead atoms. The first-order valence-corrected chi connectivity index (χ1v) is 15.5. The molecule has 0 atom stereocenters. The molecule has 0 N–H and O–H groups in total. The third-order valence-electron chi connectivity index (χ3n) is 13.6. The topological polar surface area (TPSA) is 0 Å². The van der Waals surface area contributed by atoms with E-state index in [0.717, 1.165) is 71.0 Å². The van der Waals surface area contributed by atoms with E-state index in [1.165, 1.54) is 0 Å². The van der Waals surface area contributed by atoms with Crippen LogP contribution in [0, 0.1) is 71.0 Å². The zero-order valence-electron chi connectivity index (χ0n) is 20.5. The summed E-state index contributed by atoms with van der Waals surface area (Å²) < 4.78 is 0. The van der Waals surface area contributed by atoms with Gasteiger partial charge in [-0.15, -0.1) is 0 Å². The van der Waals surface area contributed by atoms with Gasteiger partial charge in [0, 0.05) is 0 Å². The van der Waals surface area contributed by atoms with Crippen molar-refractivity contribution in [2.45, 2.75) is 96.3 Å². The Morgan fingerprint density at radius 1 is 0.242 bits per heavy atom. The molecule has 13 rings (SSSR count). The normalized spacial score (nSPS) is 56.7. The van der Waals surface area contributed by atoms with Gasteiger partial charge in [-0.3, -0.25) is 0 Å². The minimum atomic E-state index is 0.999. The van der Waals surface area contributed by atoms with Gasteiger partial charge in [-0.2, -0.15) is 0 Å². The first-order valence-electron chi connectivity index (χ1n) is 15.5. The molecule has 0 heterocycles. The molecule has 174 valence electrons. The SMILES string of the molecule is C1C2CC3CC1CC(C2)C3=C1C(=C2C3CC4CC(C3)CC2C4)C1=C1C2CC3CC(C2)CC1C3. The van der Waals surface area contributed by atoms with Crippen molar-refractivity contribution < 1.29 is 0 Å². The van der Waals surface area contributed by atoms with Gasteiger partial charge in [0.2, 0.25) is 0 Å². The molecule has 0 unspecified atom stereocenters. The van der Waals surface area contributed by atoms with Crippen LogP contribution >= 0.6 is 0 Å². The van der Waals surface area contributed by atoms with E-state index in [4.69, 9.17) is 0 Å². The van der Waals surface area contributed by atoms with E-state index in [2.05, 4.69) is 16.7 Å². The lowest BCUT2D eigenvalue weighted by Crippen LogP contribution is -2.41. The molecule has 13 aliphatic carbocycles. The Kier molecular flexibility index (Phi) is 3.43. The highest BCUT2D eigenvalue weighted by Crippen LogP contribution is 2.69. The fourth-order valence-corrected chi connectivity index (χ4v) is 13.4. The van der Waals surface area contributed by atoms with Crippen LogP contribution in [-0.2, 0) is 0 Å². The van der Waals surface area contributed by atoms with E-state index < -0.39 is 0 Å². The summed E-state index contributed by atoms with van der Waals surface area (Å²) >= 11 is 0. The van der Waals surface area contributed by atoms with Gasteiger partial charge in [-0.1, -0.05) is 16.7 Å². The van der Waals surface area contributed by atoms with Gasteiger partial charge >= 0.3 is 0 Å². The summed E-state index contributed by atoms with van der Waals surface area (Å²) in [6.07, 6.45) is 23.7. The predicted molar refractivity (Wildman–Crippen MR) is 132 cm³/mol. The fourth-order valence-electron chi connectivity index (χ4n) is 13.4. The molecule has 0 nitrogen and oxygen atoms in total. The summed E-state index contributed by atoms with van der Waals surface area (Å²) in [6, 6.07) is 0. The lowest BCUT2D eigenvalue weighted by atomic mass is 9.53. The molecule has 13 saturated carbocycles. The minimum Gasteiger partial charge on any atom is -0.0555 e. The summed E-state index contributed by atoms with van der Waals surface area (Å²) in [5.74, 6) is 12.6. The Balaban J connectivity index is 1.18. The Bertz CT molecular complexity index is 809. The minimum absolute atomic E-state index is 0.999. The first kappa shape index (κ1) is 18.5. The van der Waals surface area contributed by atoms with Crippen molar-refractivity contribution in [2.24, 2.45) is 71.0 Å². The van der Waals surface area contributed by atoms with Crippen LogP contribution < -0.4 is 0 Å². The molecule has 33 heavy (non-hydrogen) atoms. The van der Waals surface area contributed by atoms with Crippen LogP contribution in [0.25, 0.3) is 0 Å². The van der Waals surface area contributed by atoms with E-state index >= 15 is 0 Å². The molecule has 0 aromatic heterocycles. The average molecular weight is 439 g/mol. The second-order valence-corrected chi connectivity index (χ2v) is 15.4. The van der Waals surface area contributed by atoms with Gasteiger partial charge < -0.3 is 0 Å². The zero-order chi connectivity index (χ0) is 21.0. The van der Waals surface area contributed by atoms with Crippen LogP contribution in [0.1, 0.15) is 96.3 Å². The quantitative estimate of drug-likeness (QED) is 0.357. The van der Waals surface area contributed by atoms with E-state index in [1.807, 2.05) is 16.7 Å². The third-order valence-corrected chi connectivity index (χ3v) is 13.6. The van der Waals surface area contributed by atoms with Crippen LogP contribution in [0.3, 0.4) is 0 Å². The van der Waals surface area contributed by atoms with Gasteiger partial charge in [0.05, 0.1) is 0 Å². The molecule has 0 spiro atoms. The average Bonchev–Trinajstić information content (AvgIpc) is 3.45. The second kappa shape index (κ2) is 6.13. The highest BCUT2D eigenvalue weighted by molar-refractivity contribution is 5.84. The van der Waals surface area contributed by atoms with E-state index in [1.54, 1.807) is 96.3 Å². The van der Waals surface area contributed by atoms with Crippen molar-refractivity contribution in [3.63, 3.8) is 0 Å². The Morgan fingerprint density at radius 2 is 0.424 bits per heavy atom. The standard InChI is InChI=1S/C33H42/c1-16-4-22-6-17(1)7-23(5-16)28(22)31-32(29-24-8-18-2-19(10-24)11-25(29)9-18)33(31)30-26-12-20-3-21(14-26)15-27(30)13-20/h16-27H,1-15H2. The number of hydrogen-bond acceptors (Lipinski definition) is 0. The monoisotopic (exact) mass is 438 g/mol. The molecule has 0 saturated heterocycles. The molecule has 0 amide bonds. The van der Waals surface area contributed by atoms with Crippen molar-refractivity contribution >= 4 is 0 Å². The van der Waals surface area contributed by atoms with Gasteiger partial charge in [0.15, 0.2) is 0 Å². The molecule has 13 fully saturated rings. The third kappa shape index (κ3) is 2.41. The Hall–Kier alpha value is -0.780. The molecule has 13 aliphatic rings. The van der Waals surface area contributed by atoms with Crippen LogP contribution in [0.4, 0.5) is 0 Å². The molecular weight excluding hydrogens is 396 g/mol. The van der Waals surface area contributed by atoms with Gasteiger partial charge in [0.1, 0.15) is 0 Å². The molecule has 0 radical (unpaired) electrons. The van der Waals surface area contributed by atoms with Crippen LogP contribution in [-0.4, -0.2) is 0 Å². The number of hydrogen-bond donors (Lipinski definition) is 0. The summed E-state index contributed by atoms with van der Waals surface area (Å²) in [5.41, 5.74) is 12.2. The smallest absolute Gasteiger partial charge is 0.0102 e. The van der Waals surface area contributed by atoms with Crippen molar-refractivity contribution in [1.29, 1.82) is 0 Å². The van der Waals surface area contributed by atoms with Crippen LogP contribution in [0.5, 0.6) is 0 Å². The van der Waals surface area contributed by atoms with E-state index in [9.17, 15) is 0 Å². The largest absolute Gasteiger partial charge is 0.0555 e. The lowest BCUT2D eigenvalue weighted by molar-refractivity contribution is 0.0678. The van der Waals surface area contributed by atoms with Crippen molar-refractivity contribution in [3.05, 3.63) is 33.4 Å². The maximum atomic E-state index is 2.08. The number of allylic oxidation sites excluding steroid dienone is 6. The van der Waals surface area contributed by atoms with Gasteiger partial charge in [0.25, 0.3) is 0 Å². The molecule has 0 aromatic rings. The summed E-state index contributed by atoms with van der Waals surface area (Å²) in [4.78, 5) is 0. The molecular formula is C33H42. The maximum Gasteiger partial charge on any atom is -0.0102 e. The van der Waals surface area contributed by atoms with Crippen molar-refractivity contribution in [2.75, 3.05) is 0 Å². The van der Waals surface area contributed by atoms with Crippen LogP contribution in [0.15, 0.2) is 33.4 Å². The highest BCUT2D eigenvalue weighted by Gasteiger charge is 2.56. The van der Waals surface area contributed by atoms with E-state index in [0.29, 0.717) is 0 Å². The molecule has 0 aromatic carbocycles.